The second-order valence-electron chi connectivity index (χ2n) is 7.27. The smallest absolute Gasteiger partial charge is 0.255 e. The zero-order valence-electron chi connectivity index (χ0n) is 15.1. The molecule has 1 aliphatic heterocycles. The molecule has 3 heterocycles. The van der Waals surface area contributed by atoms with Gasteiger partial charge < -0.3 is 14.2 Å². The predicted octanol–water partition coefficient (Wildman–Crippen LogP) is 3.02. The molecule has 0 bridgehead atoms. The van der Waals surface area contributed by atoms with Crippen molar-refractivity contribution in [2.24, 2.45) is 0 Å². The van der Waals surface area contributed by atoms with Crippen molar-refractivity contribution in [3.8, 4) is 0 Å². The molecule has 1 unspecified atom stereocenters. The fourth-order valence-electron chi connectivity index (χ4n) is 3.67. The Kier molecular flexibility index (Phi) is 3.89. The first-order valence-electron chi connectivity index (χ1n) is 9.27. The number of benzene rings is 1. The quantitative estimate of drug-likeness (QED) is 0.711. The summed E-state index contributed by atoms with van der Waals surface area (Å²) in [5, 5.41) is 4.82. The number of pyridine rings is 1. The lowest BCUT2D eigenvalue weighted by Crippen LogP contribution is -2.44. The Morgan fingerprint density at radius 3 is 2.93 bits per heavy atom. The summed E-state index contributed by atoms with van der Waals surface area (Å²) in [6, 6.07) is 7.71. The highest BCUT2D eigenvalue weighted by Gasteiger charge is 2.34. The van der Waals surface area contributed by atoms with Crippen molar-refractivity contribution in [2.45, 2.75) is 31.7 Å². The third kappa shape index (κ3) is 2.98. The number of aromatic nitrogens is 3. The molecule has 2 aliphatic rings. The third-order valence-corrected chi connectivity index (χ3v) is 5.28. The summed E-state index contributed by atoms with van der Waals surface area (Å²) in [5.74, 6) is 0.910. The number of hydrogen-bond donors (Lipinski definition) is 0. The van der Waals surface area contributed by atoms with Crippen LogP contribution >= 0.6 is 0 Å². The predicted molar refractivity (Wildman–Crippen MR) is 97.3 cm³/mol. The van der Waals surface area contributed by atoms with Crippen molar-refractivity contribution in [2.75, 3.05) is 19.8 Å². The van der Waals surface area contributed by atoms with Gasteiger partial charge in [-0.25, -0.2) is 0 Å². The molecule has 7 nitrogen and oxygen atoms in total. The van der Waals surface area contributed by atoms with Crippen LogP contribution in [0.15, 0.2) is 35.2 Å². The Hall–Kier alpha value is -2.80. The van der Waals surface area contributed by atoms with E-state index in [1.165, 1.54) is 6.39 Å². The van der Waals surface area contributed by atoms with Crippen LogP contribution in [0, 0.1) is 6.92 Å². The van der Waals surface area contributed by atoms with Gasteiger partial charge in [0.05, 0.1) is 24.3 Å². The molecule has 5 rings (SSSR count). The standard InChI is InChI=1S/C20H20N4O3/c1-12-2-5-16-14(8-12)15(9-17(22-16)13-3-4-13)20(25)24-6-7-26-10-18(24)19-21-11-27-23-19/h2,5,8-9,11,13,18H,3-4,6-7,10H2,1H3. The largest absolute Gasteiger partial charge is 0.377 e. The first-order chi connectivity index (χ1) is 13.2. The molecule has 2 aromatic heterocycles. The highest BCUT2D eigenvalue weighted by atomic mass is 16.5. The van der Waals surface area contributed by atoms with E-state index in [9.17, 15) is 4.79 Å². The molecule has 0 spiro atoms. The van der Waals surface area contributed by atoms with Gasteiger partial charge in [-0.1, -0.05) is 16.8 Å². The van der Waals surface area contributed by atoms with E-state index in [-0.39, 0.29) is 11.9 Å². The van der Waals surface area contributed by atoms with Crippen molar-refractivity contribution >= 4 is 16.8 Å². The molecule has 3 aromatic rings. The van der Waals surface area contributed by atoms with Crippen molar-refractivity contribution in [3.63, 3.8) is 0 Å². The highest BCUT2D eigenvalue weighted by molar-refractivity contribution is 6.06. The van der Waals surface area contributed by atoms with Crippen molar-refractivity contribution < 1.29 is 14.1 Å². The van der Waals surface area contributed by atoms with Gasteiger partial charge >= 0.3 is 0 Å². The van der Waals surface area contributed by atoms with Gasteiger partial charge in [0.2, 0.25) is 6.39 Å². The van der Waals surface area contributed by atoms with Crippen LogP contribution in [-0.2, 0) is 4.74 Å². The Bertz CT molecular complexity index is 998. The number of carbonyl (C=O) groups is 1. The Morgan fingerprint density at radius 2 is 2.15 bits per heavy atom. The van der Waals surface area contributed by atoms with Gasteiger partial charge in [-0.3, -0.25) is 9.78 Å². The van der Waals surface area contributed by atoms with Crippen molar-refractivity contribution in [1.82, 2.24) is 20.0 Å². The first-order valence-corrected chi connectivity index (χ1v) is 9.27. The Morgan fingerprint density at radius 1 is 1.26 bits per heavy atom. The fraction of sp³-hybridized carbons (Fsp3) is 0.400. The number of fused-ring (bicyclic) bond motifs is 1. The van der Waals surface area contributed by atoms with Gasteiger partial charge in [-0.05, 0) is 38.0 Å². The van der Waals surface area contributed by atoms with E-state index < -0.39 is 0 Å². The second kappa shape index (κ2) is 6.42. The van der Waals surface area contributed by atoms with Crippen molar-refractivity contribution in [1.29, 1.82) is 0 Å². The third-order valence-electron chi connectivity index (χ3n) is 5.28. The van der Waals surface area contributed by atoms with E-state index in [0.29, 0.717) is 37.1 Å². The number of nitrogens with zero attached hydrogens (tertiary/aromatic N) is 4. The van der Waals surface area contributed by atoms with Crippen LogP contribution in [-0.4, -0.2) is 45.7 Å². The van der Waals surface area contributed by atoms with Crippen LogP contribution in [0.3, 0.4) is 0 Å². The van der Waals surface area contributed by atoms with Crippen LogP contribution in [0.1, 0.15) is 52.2 Å². The van der Waals surface area contributed by atoms with Gasteiger partial charge in [0.15, 0.2) is 5.82 Å². The number of ether oxygens (including phenoxy) is 1. The number of carbonyl (C=O) groups excluding carboxylic acids is 1. The SMILES string of the molecule is Cc1ccc2nc(C3CC3)cc(C(=O)N3CCOCC3c3ncon3)c2c1. The maximum Gasteiger partial charge on any atom is 0.255 e. The molecule has 1 saturated heterocycles. The van der Waals surface area contributed by atoms with E-state index in [1.54, 1.807) is 4.90 Å². The highest BCUT2D eigenvalue weighted by Crippen LogP contribution is 2.40. The van der Waals surface area contributed by atoms with E-state index in [2.05, 4.69) is 10.1 Å². The molecule has 1 aromatic carbocycles. The molecule has 27 heavy (non-hydrogen) atoms. The average Bonchev–Trinajstić information content (AvgIpc) is 3.41. The number of aryl methyl sites for hydroxylation is 1. The molecular formula is C20H20N4O3. The van der Waals surface area contributed by atoms with E-state index in [4.69, 9.17) is 14.2 Å². The summed E-state index contributed by atoms with van der Waals surface area (Å²) >= 11 is 0. The molecule has 1 aliphatic carbocycles. The van der Waals surface area contributed by atoms with E-state index >= 15 is 0 Å². The van der Waals surface area contributed by atoms with E-state index in [0.717, 1.165) is 35.0 Å². The first kappa shape index (κ1) is 16.4. The summed E-state index contributed by atoms with van der Waals surface area (Å²) in [4.78, 5) is 24.3. The topological polar surface area (TPSA) is 81.4 Å². The number of amides is 1. The van der Waals surface area contributed by atoms with Gasteiger partial charge in [-0.2, -0.15) is 4.98 Å². The van der Waals surface area contributed by atoms with Crippen LogP contribution < -0.4 is 0 Å². The Balaban J connectivity index is 1.60. The summed E-state index contributed by atoms with van der Waals surface area (Å²) < 4.78 is 10.5. The number of hydrogen-bond acceptors (Lipinski definition) is 6. The molecule has 138 valence electrons. The van der Waals surface area contributed by atoms with Crippen LogP contribution in [0.2, 0.25) is 0 Å². The summed E-state index contributed by atoms with van der Waals surface area (Å²) in [7, 11) is 0. The lowest BCUT2D eigenvalue weighted by atomic mass is 10.0. The molecule has 1 atom stereocenters. The molecule has 0 radical (unpaired) electrons. The molecule has 1 amide bonds. The van der Waals surface area contributed by atoms with Gasteiger partial charge in [0.1, 0.15) is 6.04 Å². The van der Waals surface area contributed by atoms with Crippen LogP contribution in [0.5, 0.6) is 0 Å². The number of morpholine rings is 1. The average molecular weight is 364 g/mol. The van der Waals surface area contributed by atoms with Gasteiger partial charge in [-0.15, -0.1) is 0 Å². The van der Waals surface area contributed by atoms with Crippen molar-refractivity contribution in [3.05, 3.63) is 53.3 Å². The molecular weight excluding hydrogens is 344 g/mol. The molecule has 0 N–H and O–H groups in total. The van der Waals surface area contributed by atoms with E-state index in [1.807, 2.05) is 31.2 Å². The second-order valence-corrected chi connectivity index (χ2v) is 7.27. The maximum absolute atomic E-state index is 13.6. The summed E-state index contributed by atoms with van der Waals surface area (Å²) in [6.07, 6.45) is 3.56. The zero-order chi connectivity index (χ0) is 18.4. The Labute approximate surface area is 156 Å². The monoisotopic (exact) mass is 364 g/mol. The number of rotatable bonds is 3. The lowest BCUT2D eigenvalue weighted by molar-refractivity contribution is -0.00567. The lowest BCUT2D eigenvalue weighted by Gasteiger charge is -2.34. The maximum atomic E-state index is 13.6. The summed E-state index contributed by atoms with van der Waals surface area (Å²) in [5.41, 5.74) is 3.69. The minimum atomic E-state index is -0.345. The van der Waals surface area contributed by atoms with Crippen LogP contribution in [0.25, 0.3) is 10.9 Å². The van der Waals surface area contributed by atoms with Crippen LogP contribution in [0.4, 0.5) is 0 Å². The molecule has 2 fully saturated rings. The fourth-order valence-corrected chi connectivity index (χ4v) is 3.67. The van der Waals surface area contributed by atoms with Gasteiger partial charge in [0.25, 0.3) is 5.91 Å². The minimum Gasteiger partial charge on any atom is -0.377 e. The van der Waals surface area contributed by atoms with Gasteiger partial charge in [0, 0.05) is 23.5 Å². The molecule has 1 saturated carbocycles. The molecule has 7 heteroatoms. The normalized spacial score (nSPS) is 20.2. The minimum absolute atomic E-state index is 0.0343. The zero-order valence-corrected chi connectivity index (χ0v) is 15.1. The summed E-state index contributed by atoms with van der Waals surface area (Å²) in [6.45, 7) is 3.38.